The lowest BCUT2D eigenvalue weighted by atomic mass is 9.82. The Balaban J connectivity index is 0.000000204. The summed E-state index contributed by atoms with van der Waals surface area (Å²) < 4.78 is 13.8. The summed E-state index contributed by atoms with van der Waals surface area (Å²) in [6.07, 6.45) is 10.0. The monoisotopic (exact) mass is 1840 g/mol. The van der Waals surface area contributed by atoms with Crippen LogP contribution in [-0.4, -0.2) is 163 Å². The maximum absolute atomic E-state index is 12.8. The van der Waals surface area contributed by atoms with Crippen LogP contribution < -0.4 is 57.7 Å². The largest absolute Gasteiger partial charge is 0.469 e. The Morgan fingerprint density at radius 1 is 0.323 bits per heavy atom. The first kappa shape index (κ1) is 101. The minimum atomic E-state index is -0.249. The topological polar surface area (TPSA) is 370 Å². The summed E-state index contributed by atoms with van der Waals surface area (Å²) in [7, 11) is 4.18. The molecular weight excluding hydrogens is 1720 g/mol. The summed E-state index contributed by atoms with van der Waals surface area (Å²) >= 11 is 5.80. The van der Waals surface area contributed by atoms with Crippen molar-refractivity contribution in [3.63, 3.8) is 0 Å². The molecule has 0 spiro atoms. The van der Waals surface area contributed by atoms with E-state index in [1.165, 1.54) is 66.7 Å². The van der Waals surface area contributed by atoms with Crippen molar-refractivity contribution in [2.75, 3.05) is 138 Å². The molecule has 130 heavy (non-hydrogen) atoms. The maximum Gasteiger partial charge on any atom is 0.309 e. The van der Waals surface area contributed by atoms with E-state index < -0.39 is 0 Å². The van der Waals surface area contributed by atoms with Crippen molar-refractivity contribution in [2.24, 2.45) is 0 Å². The van der Waals surface area contributed by atoms with Crippen LogP contribution in [0.5, 0.6) is 0 Å². The Labute approximate surface area is 779 Å². The molecule has 13 rings (SSSR count). The fourth-order valence-corrected chi connectivity index (χ4v) is 18.9. The van der Waals surface area contributed by atoms with Crippen LogP contribution in [0.4, 0.5) is 60.3 Å². The summed E-state index contributed by atoms with van der Waals surface area (Å²) in [5.41, 5.74) is 19.3. The van der Waals surface area contributed by atoms with E-state index in [1.807, 2.05) is 148 Å². The van der Waals surface area contributed by atoms with Crippen LogP contribution in [0.15, 0.2) is 170 Å². The molecule has 4 atom stereocenters. The second kappa shape index (κ2) is 54.2. The van der Waals surface area contributed by atoms with E-state index in [1.54, 1.807) is 12.1 Å². The van der Waals surface area contributed by atoms with Crippen molar-refractivity contribution in [2.45, 2.75) is 182 Å². The van der Waals surface area contributed by atoms with Gasteiger partial charge in [-0.15, -0.1) is 40.8 Å². The smallest absolute Gasteiger partial charge is 0.309 e. The number of nitrogens with zero attached hydrogens (tertiary/aromatic N) is 11. The number of rotatable bonds is 37. The van der Waals surface area contributed by atoms with Gasteiger partial charge in [-0.2, -0.15) is 0 Å². The average Bonchev–Trinajstić information content (AvgIpc) is 1.68. The van der Waals surface area contributed by atoms with Gasteiger partial charge in [0.2, 0.25) is 44.2 Å². The molecular formula is C97H125N19O10S4. The highest BCUT2D eigenvalue weighted by atomic mass is 32.1. The van der Waals surface area contributed by atoms with Crippen molar-refractivity contribution >= 4 is 147 Å². The van der Waals surface area contributed by atoms with Gasteiger partial charge in [0.1, 0.15) is 20.0 Å². The molecule has 7 aromatic carbocycles. The Morgan fingerprint density at radius 2 is 0.562 bits per heavy atom. The zero-order chi connectivity index (χ0) is 93.1. The molecule has 2 aliphatic carbocycles. The van der Waals surface area contributed by atoms with Gasteiger partial charge in [0.25, 0.3) is 0 Å². The molecule has 2 aliphatic rings. The van der Waals surface area contributed by atoms with Gasteiger partial charge in [-0.25, -0.2) is 0 Å². The molecule has 29 nitrogen and oxygen atoms in total. The molecule has 4 aromatic heterocycles. The number of aromatic nitrogens is 8. The third kappa shape index (κ3) is 33.6. The molecule has 0 saturated heterocycles. The Bertz CT molecular complexity index is 5150. The SMILES string of the molecule is CCN(CC)c1cccc(CC(=O)Nc2nnc([C@H]3CCC[C@H](c4nnc(NC(=O)Cc5cccc(N(CC)CC)c5)s4)C3)s2)c1.CCN(CC)c1cccc(CC(=O)OC)c1.CCNc1cccc(CC(=O)Nc2nnc([C@H]3CCC[C@H](c4nnc(NC(=O)Cc5cccc(NCC)c5)s4)C3)s2)c1.CCNc1cccc(CC(=O)OC)c1.COC(=O)Cc1cccc(N)c1. The number of nitrogen functional groups attached to an aromatic ring is 1. The predicted octanol–water partition coefficient (Wildman–Crippen LogP) is 18.0. The minimum absolute atomic E-state index is 0.0963. The third-order valence-electron chi connectivity index (χ3n) is 21.7. The van der Waals surface area contributed by atoms with Crippen LogP contribution in [0.2, 0.25) is 0 Å². The Kier molecular flexibility index (Phi) is 42.3. The molecule has 0 unspecified atom stereocenters. The number of nitrogens with one attached hydrogen (secondary N) is 7. The Hall–Kier alpha value is -12.3. The molecule has 0 bridgehead atoms. The second-order valence-corrected chi connectivity index (χ2v) is 35.1. The number of hydrogen-bond donors (Lipinski definition) is 8. The van der Waals surface area contributed by atoms with Crippen LogP contribution in [0.3, 0.4) is 0 Å². The number of anilines is 11. The first-order valence-electron chi connectivity index (χ1n) is 44.6. The second-order valence-electron chi connectivity index (χ2n) is 31.0. The summed E-state index contributed by atoms with van der Waals surface area (Å²) in [6.45, 7) is 27.0. The molecule has 11 aromatic rings. The number of methoxy groups -OCH3 is 3. The molecule has 4 heterocycles. The van der Waals surface area contributed by atoms with Crippen LogP contribution in [-0.2, 0) is 92.7 Å². The molecule has 0 aliphatic heterocycles. The number of carbonyl (C=O) groups is 7. The number of carbonyl (C=O) groups excluding carboxylic acids is 7. The molecule has 4 amide bonds. The quantitative estimate of drug-likeness (QED) is 0.0102. The fraction of sp³-hybridized carbons (Fsp3) is 0.412. The third-order valence-corrected chi connectivity index (χ3v) is 25.7. The highest BCUT2D eigenvalue weighted by Gasteiger charge is 2.32. The molecule has 33 heteroatoms. The highest BCUT2D eigenvalue weighted by molar-refractivity contribution is 7.16. The van der Waals surface area contributed by atoms with Crippen LogP contribution >= 0.6 is 45.3 Å². The summed E-state index contributed by atoms with van der Waals surface area (Å²) in [5, 5.41) is 62.1. The van der Waals surface area contributed by atoms with E-state index in [2.05, 4.69) is 179 Å². The predicted molar refractivity (Wildman–Crippen MR) is 527 cm³/mol. The van der Waals surface area contributed by atoms with Crippen molar-refractivity contribution in [3.8, 4) is 0 Å². The number of amides is 4. The van der Waals surface area contributed by atoms with Gasteiger partial charge in [-0.1, -0.05) is 143 Å². The van der Waals surface area contributed by atoms with Crippen LogP contribution in [0.25, 0.3) is 0 Å². The Morgan fingerprint density at radius 3 is 0.815 bits per heavy atom. The van der Waals surface area contributed by atoms with E-state index in [9.17, 15) is 33.6 Å². The molecule has 2 fully saturated rings. The van der Waals surface area contributed by atoms with Crippen molar-refractivity contribution in [3.05, 3.63) is 229 Å². The van der Waals surface area contributed by atoms with Gasteiger partial charge in [0.05, 0.1) is 66.3 Å². The molecule has 0 radical (unpaired) electrons. The van der Waals surface area contributed by atoms with E-state index in [0.717, 1.165) is 203 Å². The number of hydrogen-bond acceptors (Lipinski definition) is 29. The first-order valence-corrected chi connectivity index (χ1v) is 47.9. The standard InChI is InChI=1S/C34H44N8O2S2.C30H36N8O2S2.C13H19NO2.C11H15NO2.C9H11NO2/c1-5-41(6-2)27-16-9-12-23(18-27)20-29(43)35-33-39-37-31(45-33)25-14-11-15-26(22-25)32-38-40-34(46-32)36-30(44)21-24-13-10-17-28(19-24)42(7-3)8-4;1-3-31-23-12-5-8-19(14-23)16-25(39)33-29-37-35-27(41-29)21-10-7-11-22(18-21)28-36-38-30(42-28)34-26(40)17-20-9-6-13-24(15-20)32-4-2;1-4-14(5-2)12-8-6-7-11(9-12)10-13(15)16-3;1-3-12-10-6-4-5-9(7-10)8-11(13)14-2;1-12-9(11)6-7-3-2-4-8(10)5-7/h9-10,12-13,16-19,25-26H,5-8,11,14-15,20-22H2,1-4H3,(H,35,39,43)(H,36,40,44);5-6,8-9,12-15,21-22,31-32H,3-4,7,10-11,16-18H2,1-2H3,(H,33,37,39)(H,34,38,40);6-9H,4-5,10H2,1-3H3;4-7,12H,3,8H2,1-2H3;2-5H,6,10H2,1H3/t25-,26-;21-,22-;;;/m00.../s1. The van der Waals surface area contributed by atoms with Gasteiger partial charge in [0, 0.05) is 122 Å². The van der Waals surface area contributed by atoms with Crippen molar-refractivity contribution < 1.29 is 47.8 Å². The maximum atomic E-state index is 12.8. The molecule has 9 N–H and O–H groups in total. The van der Waals surface area contributed by atoms with E-state index in [4.69, 9.17) is 5.73 Å². The number of ether oxygens (including phenoxy) is 3. The van der Waals surface area contributed by atoms with Crippen LogP contribution in [0.1, 0.15) is 196 Å². The van der Waals surface area contributed by atoms with Gasteiger partial charge >= 0.3 is 17.9 Å². The molecule has 692 valence electrons. The van der Waals surface area contributed by atoms with Gasteiger partial charge < -0.3 is 71.9 Å². The number of esters is 3. The number of benzene rings is 7. The van der Waals surface area contributed by atoms with Crippen molar-refractivity contribution in [1.82, 2.24) is 40.8 Å². The van der Waals surface area contributed by atoms with E-state index in [0.29, 0.717) is 39.1 Å². The normalized spacial score (nSPS) is 14.2. The zero-order valence-corrected chi connectivity index (χ0v) is 79.9. The van der Waals surface area contributed by atoms with Gasteiger partial charge in [-0.05, 0) is 225 Å². The highest BCUT2D eigenvalue weighted by Crippen LogP contribution is 2.46. The van der Waals surface area contributed by atoms with E-state index >= 15 is 0 Å². The average molecular weight is 1850 g/mol. The van der Waals surface area contributed by atoms with Crippen molar-refractivity contribution in [1.29, 1.82) is 0 Å². The van der Waals surface area contributed by atoms with Crippen LogP contribution in [0, 0.1) is 0 Å². The fourth-order valence-electron chi connectivity index (χ4n) is 15.2. The summed E-state index contributed by atoms with van der Waals surface area (Å²) in [4.78, 5) is 90.8. The summed E-state index contributed by atoms with van der Waals surface area (Å²) in [5.74, 6) is -0.0919. The summed E-state index contributed by atoms with van der Waals surface area (Å²) in [6, 6.07) is 55.0. The molecule has 2 saturated carbocycles. The van der Waals surface area contributed by atoms with Gasteiger partial charge in [-0.3, -0.25) is 33.6 Å². The minimum Gasteiger partial charge on any atom is -0.469 e. The zero-order valence-electron chi connectivity index (χ0n) is 76.7. The lowest BCUT2D eigenvalue weighted by Crippen LogP contribution is -2.22. The van der Waals surface area contributed by atoms with Gasteiger partial charge in [0.15, 0.2) is 0 Å². The number of nitrogens with two attached hydrogens (primary N) is 1. The lowest BCUT2D eigenvalue weighted by molar-refractivity contribution is -0.140. The lowest BCUT2D eigenvalue weighted by Gasteiger charge is -2.25. The first-order chi connectivity index (χ1) is 63.0. The van der Waals surface area contributed by atoms with E-state index in [-0.39, 0.29) is 97.3 Å².